The zero-order valence-electron chi connectivity index (χ0n) is 11.3. The molecule has 2 unspecified atom stereocenters. The second kappa shape index (κ2) is 5.48. The Bertz CT molecular complexity index is 342. The summed E-state index contributed by atoms with van der Waals surface area (Å²) < 4.78 is 0. The third-order valence-corrected chi connectivity index (χ3v) is 5.80. The lowest BCUT2D eigenvalue weighted by atomic mass is 9.84. The molecule has 0 N–H and O–H groups in total. The van der Waals surface area contributed by atoms with Crippen LogP contribution in [0.2, 0.25) is 0 Å². The molecule has 1 aromatic carbocycles. The van der Waals surface area contributed by atoms with Crippen molar-refractivity contribution < 1.29 is 0 Å². The zero-order chi connectivity index (χ0) is 12.3. The molecule has 17 heavy (non-hydrogen) atoms. The van der Waals surface area contributed by atoms with E-state index in [1.54, 1.807) is 0 Å². The lowest BCUT2D eigenvalue weighted by Crippen LogP contribution is -2.25. The quantitative estimate of drug-likeness (QED) is 0.633. The van der Waals surface area contributed by atoms with E-state index in [2.05, 4.69) is 62.9 Å². The van der Waals surface area contributed by atoms with E-state index in [-0.39, 0.29) is 0 Å². The number of thioether (sulfide) groups is 1. The first kappa shape index (κ1) is 13.0. The van der Waals surface area contributed by atoms with Crippen LogP contribution in [0.1, 0.15) is 46.5 Å². The molecule has 0 heterocycles. The highest BCUT2D eigenvalue weighted by Gasteiger charge is 2.33. The van der Waals surface area contributed by atoms with E-state index < -0.39 is 0 Å². The lowest BCUT2D eigenvalue weighted by Gasteiger charge is -2.32. The number of hydrogen-bond acceptors (Lipinski definition) is 1. The minimum atomic E-state index is 0.477. The maximum absolute atomic E-state index is 2.45. The van der Waals surface area contributed by atoms with E-state index in [4.69, 9.17) is 0 Å². The molecule has 0 nitrogen and oxygen atoms in total. The van der Waals surface area contributed by atoms with Gasteiger partial charge in [0.2, 0.25) is 0 Å². The van der Waals surface area contributed by atoms with Gasteiger partial charge in [-0.3, -0.25) is 0 Å². The molecular formula is C16H24S. The average molecular weight is 248 g/mol. The molecule has 2 rings (SSSR count). The summed E-state index contributed by atoms with van der Waals surface area (Å²) in [6.07, 6.45) is 5.54. The highest BCUT2D eigenvalue weighted by molar-refractivity contribution is 8.00. The van der Waals surface area contributed by atoms with E-state index in [0.717, 1.165) is 11.2 Å². The van der Waals surface area contributed by atoms with Gasteiger partial charge >= 0.3 is 0 Å². The number of rotatable bonds is 2. The third kappa shape index (κ3) is 3.51. The maximum atomic E-state index is 2.45. The summed E-state index contributed by atoms with van der Waals surface area (Å²) in [4.78, 5) is 1.43. The van der Waals surface area contributed by atoms with Gasteiger partial charge in [0.05, 0.1) is 0 Å². The average Bonchev–Trinajstić information content (AvgIpc) is 2.44. The Morgan fingerprint density at radius 2 is 1.76 bits per heavy atom. The fourth-order valence-corrected chi connectivity index (χ4v) is 3.97. The van der Waals surface area contributed by atoms with Crippen LogP contribution in [0.25, 0.3) is 0 Å². The second-order valence-corrected chi connectivity index (χ2v) is 7.41. The summed E-state index contributed by atoms with van der Waals surface area (Å²) in [5, 5.41) is 0.773. The molecule has 0 saturated heterocycles. The highest BCUT2D eigenvalue weighted by atomic mass is 32.2. The van der Waals surface area contributed by atoms with Crippen LogP contribution in [0.5, 0.6) is 0 Å². The van der Waals surface area contributed by atoms with Crippen molar-refractivity contribution in [3.05, 3.63) is 30.3 Å². The van der Waals surface area contributed by atoms with Gasteiger partial charge in [0, 0.05) is 10.1 Å². The monoisotopic (exact) mass is 248 g/mol. The Balaban J connectivity index is 2.07. The molecular weight excluding hydrogens is 224 g/mol. The summed E-state index contributed by atoms with van der Waals surface area (Å²) in [5.74, 6) is 0.913. The van der Waals surface area contributed by atoms with Crippen molar-refractivity contribution in [3.8, 4) is 0 Å². The van der Waals surface area contributed by atoms with E-state index in [1.807, 2.05) is 0 Å². The largest absolute Gasteiger partial charge is 0.122 e. The van der Waals surface area contributed by atoms with Gasteiger partial charge in [0.1, 0.15) is 0 Å². The Morgan fingerprint density at radius 3 is 2.47 bits per heavy atom. The summed E-state index contributed by atoms with van der Waals surface area (Å²) in [7, 11) is 0. The molecule has 0 aliphatic heterocycles. The fraction of sp³-hybridized carbons (Fsp3) is 0.625. The molecule has 0 radical (unpaired) electrons. The summed E-state index contributed by atoms with van der Waals surface area (Å²) >= 11 is 2.09. The van der Waals surface area contributed by atoms with Crippen molar-refractivity contribution in [1.29, 1.82) is 0 Å². The van der Waals surface area contributed by atoms with Crippen molar-refractivity contribution in [1.82, 2.24) is 0 Å². The predicted molar refractivity (Wildman–Crippen MR) is 77.5 cm³/mol. The predicted octanol–water partition coefficient (Wildman–Crippen LogP) is 5.38. The van der Waals surface area contributed by atoms with Crippen molar-refractivity contribution in [2.45, 2.75) is 56.6 Å². The molecule has 1 fully saturated rings. The van der Waals surface area contributed by atoms with Gasteiger partial charge in [0.25, 0.3) is 0 Å². The Kier molecular flexibility index (Phi) is 4.19. The van der Waals surface area contributed by atoms with E-state index in [0.29, 0.717) is 5.41 Å². The van der Waals surface area contributed by atoms with Crippen molar-refractivity contribution in [2.24, 2.45) is 11.3 Å². The van der Waals surface area contributed by atoms with Crippen LogP contribution in [0.3, 0.4) is 0 Å². The molecule has 1 aliphatic rings. The van der Waals surface area contributed by atoms with Crippen LogP contribution in [0.4, 0.5) is 0 Å². The van der Waals surface area contributed by atoms with Crippen molar-refractivity contribution in [2.75, 3.05) is 0 Å². The van der Waals surface area contributed by atoms with E-state index in [9.17, 15) is 0 Å². The van der Waals surface area contributed by atoms with Crippen molar-refractivity contribution >= 4 is 11.8 Å². The van der Waals surface area contributed by atoms with Gasteiger partial charge in [-0.1, -0.05) is 45.4 Å². The van der Waals surface area contributed by atoms with Gasteiger partial charge in [-0.2, -0.15) is 0 Å². The first-order valence-electron chi connectivity index (χ1n) is 6.79. The summed E-state index contributed by atoms with van der Waals surface area (Å²) in [6, 6.07) is 10.9. The molecule has 0 aromatic heterocycles. The van der Waals surface area contributed by atoms with Gasteiger partial charge in [-0.25, -0.2) is 0 Å². The van der Waals surface area contributed by atoms with Crippen molar-refractivity contribution in [3.63, 3.8) is 0 Å². The SMILES string of the molecule is CC1CCC(Sc2ccccc2)C(C)(C)CC1. The Labute approximate surface area is 110 Å². The third-order valence-electron chi connectivity index (χ3n) is 4.10. The molecule has 1 saturated carbocycles. The van der Waals surface area contributed by atoms with Crippen LogP contribution in [-0.2, 0) is 0 Å². The summed E-state index contributed by atoms with van der Waals surface area (Å²) in [6.45, 7) is 7.31. The topological polar surface area (TPSA) is 0 Å². The lowest BCUT2D eigenvalue weighted by molar-refractivity contribution is 0.320. The zero-order valence-corrected chi connectivity index (χ0v) is 12.1. The van der Waals surface area contributed by atoms with Gasteiger partial charge in [-0.15, -0.1) is 11.8 Å². The molecule has 0 bridgehead atoms. The molecule has 0 spiro atoms. The normalized spacial score (nSPS) is 28.6. The number of benzene rings is 1. The minimum Gasteiger partial charge on any atom is -0.122 e. The Morgan fingerprint density at radius 1 is 1.06 bits per heavy atom. The van der Waals surface area contributed by atoms with Gasteiger partial charge in [0.15, 0.2) is 0 Å². The molecule has 1 aromatic rings. The maximum Gasteiger partial charge on any atom is 0.0146 e. The van der Waals surface area contributed by atoms with Crippen LogP contribution in [0, 0.1) is 11.3 Å². The van der Waals surface area contributed by atoms with Crippen LogP contribution >= 0.6 is 11.8 Å². The molecule has 2 atom stereocenters. The standard InChI is InChI=1S/C16H24S/c1-13-9-10-15(16(2,3)12-11-13)17-14-7-5-4-6-8-14/h4-8,13,15H,9-12H2,1-3H3. The second-order valence-electron chi connectivity index (χ2n) is 6.13. The fourth-order valence-electron chi connectivity index (χ4n) is 2.63. The molecule has 94 valence electrons. The van der Waals surface area contributed by atoms with Crippen LogP contribution in [-0.4, -0.2) is 5.25 Å². The molecule has 0 amide bonds. The van der Waals surface area contributed by atoms with E-state index >= 15 is 0 Å². The van der Waals surface area contributed by atoms with Gasteiger partial charge < -0.3 is 0 Å². The van der Waals surface area contributed by atoms with Crippen LogP contribution in [0.15, 0.2) is 35.2 Å². The van der Waals surface area contributed by atoms with Gasteiger partial charge in [-0.05, 0) is 42.7 Å². The smallest absolute Gasteiger partial charge is 0.0146 e. The van der Waals surface area contributed by atoms with Crippen LogP contribution < -0.4 is 0 Å². The molecule has 1 aliphatic carbocycles. The van der Waals surface area contributed by atoms with E-state index in [1.165, 1.54) is 30.6 Å². The summed E-state index contributed by atoms with van der Waals surface area (Å²) in [5.41, 5.74) is 0.477. The highest BCUT2D eigenvalue weighted by Crippen LogP contribution is 2.45. The molecule has 1 heteroatoms. The first-order chi connectivity index (χ1) is 8.08. The first-order valence-corrected chi connectivity index (χ1v) is 7.67. The Hall–Kier alpha value is -0.430. The number of hydrogen-bond donors (Lipinski definition) is 0. The minimum absolute atomic E-state index is 0.477.